The van der Waals surface area contributed by atoms with Gasteiger partial charge in [-0.05, 0) is 24.3 Å². The molecular formula is C12H11N3O. The van der Waals surface area contributed by atoms with E-state index < -0.39 is 0 Å². The van der Waals surface area contributed by atoms with Gasteiger partial charge in [-0.1, -0.05) is 12.1 Å². The van der Waals surface area contributed by atoms with Crippen LogP contribution >= 0.6 is 0 Å². The predicted molar refractivity (Wildman–Crippen MR) is 62.5 cm³/mol. The van der Waals surface area contributed by atoms with Crippen LogP contribution in [0.25, 0.3) is 0 Å². The number of ether oxygens (including phenoxy) is 1. The maximum atomic E-state index is 5.65. The molecule has 0 spiro atoms. The van der Waals surface area contributed by atoms with Gasteiger partial charge in [-0.2, -0.15) is 5.10 Å². The van der Waals surface area contributed by atoms with Crippen LogP contribution in [-0.2, 0) is 0 Å². The van der Waals surface area contributed by atoms with E-state index in [-0.39, 0.29) is 0 Å². The van der Waals surface area contributed by atoms with Gasteiger partial charge in [-0.25, -0.2) is 0 Å². The Morgan fingerprint density at radius 3 is 2.81 bits per heavy atom. The zero-order valence-electron chi connectivity index (χ0n) is 8.58. The molecule has 0 saturated carbocycles. The number of nitrogens with two attached hydrogens (primary N) is 1. The van der Waals surface area contributed by atoms with E-state index in [1.54, 1.807) is 18.6 Å². The van der Waals surface area contributed by atoms with Crippen molar-refractivity contribution in [2.75, 3.05) is 0 Å². The molecule has 2 aromatic rings. The molecule has 1 heterocycles. The number of para-hydroxylation sites is 1. The summed E-state index contributed by atoms with van der Waals surface area (Å²) in [6.45, 7) is 0. The van der Waals surface area contributed by atoms with Gasteiger partial charge in [0, 0.05) is 11.8 Å². The molecule has 4 nitrogen and oxygen atoms in total. The van der Waals surface area contributed by atoms with Crippen molar-refractivity contribution < 1.29 is 4.74 Å². The molecule has 0 unspecified atom stereocenters. The van der Waals surface area contributed by atoms with Gasteiger partial charge in [-0.3, -0.25) is 4.98 Å². The van der Waals surface area contributed by atoms with Crippen molar-refractivity contribution in [2.24, 2.45) is 10.9 Å². The molecular weight excluding hydrogens is 202 g/mol. The summed E-state index contributed by atoms with van der Waals surface area (Å²) in [5.41, 5.74) is 0.828. The number of pyridine rings is 1. The molecule has 1 aromatic carbocycles. The average molecular weight is 213 g/mol. The fourth-order valence-electron chi connectivity index (χ4n) is 1.29. The molecule has 0 aliphatic heterocycles. The van der Waals surface area contributed by atoms with Gasteiger partial charge >= 0.3 is 0 Å². The van der Waals surface area contributed by atoms with Crippen molar-refractivity contribution in [3.63, 3.8) is 0 Å². The molecule has 2 rings (SSSR count). The number of benzene rings is 1. The first kappa shape index (κ1) is 10.2. The summed E-state index contributed by atoms with van der Waals surface area (Å²) >= 11 is 0. The van der Waals surface area contributed by atoms with Gasteiger partial charge in [0.15, 0.2) is 0 Å². The van der Waals surface area contributed by atoms with E-state index in [1.165, 1.54) is 0 Å². The fourth-order valence-corrected chi connectivity index (χ4v) is 1.29. The van der Waals surface area contributed by atoms with E-state index in [1.807, 2.05) is 36.4 Å². The number of aromatic nitrogens is 1. The summed E-state index contributed by atoms with van der Waals surface area (Å²) in [4.78, 5) is 3.97. The van der Waals surface area contributed by atoms with Crippen molar-refractivity contribution in [3.8, 4) is 11.5 Å². The van der Waals surface area contributed by atoms with E-state index in [0.717, 1.165) is 5.56 Å². The molecule has 80 valence electrons. The smallest absolute Gasteiger partial charge is 0.145 e. The Hall–Kier alpha value is -2.36. The van der Waals surface area contributed by atoms with Crippen LogP contribution in [0.1, 0.15) is 5.56 Å². The molecule has 0 aliphatic carbocycles. The van der Waals surface area contributed by atoms with E-state index in [9.17, 15) is 0 Å². The second-order valence-corrected chi connectivity index (χ2v) is 3.11. The predicted octanol–water partition coefficient (Wildman–Crippen LogP) is 2.17. The van der Waals surface area contributed by atoms with Crippen molar-refractivity contribution in [2.45, 2.75) is 0 Å². The lowest BCUT2D eigenvalue weighted by molar-refractivity contribution is 0.479. The fraction of sp³-hybridized carbons (Fsp3) is 0. The van der Waals surface area contributed by atoms with E-state index in [4.69, 9.17) is 10.6 Å². The van der Waals surface area contributed by atoms with Gasteiger partial charge in [0.1, 0.15) is 11.5 Å². The first-order chi connectivity index (χ1) is 7.90. The van der Waals surface area contributed by atoms with Crippen LogP contribution in [0.15, 0.2) is 53.9 Å². The van der Waals surface area contributed by atoms with Crippen LogP contribution in [0.5, 0.6) is 11.5 Å². The van der Waals surface area contributed by atoms with Gasteiger partial charge in [0.25, 0.3) is 0 Å². The third-order valence-corrected chi connectivity index (χ3v) is 1.99. The van der Waals surface area contributed by atoms with E-state index in [0.29, 0.717) is 11.5 Å². The summed E-state index contributed by atoms with van der Waals surface area (Å²) in [6.07, 6.45) is 4.89. The SMILES string of the molecule is NN=Cc1ccccc1Oc1cccnc1. The topological polar surface area (TPSA) is 60.5 Å². The number of hydrogen-bond donors (Lipinski definition) is 1. The second kappa shape index (κ2) is 4.93. The normalized spacial score (nSPS) is 10.5. The van der Waals surface area contributed by atoms with E-state index in [2.05, 4.69) is 10.1 Å². The molecule has 16 heavy (non-hydrogen) atoms. The molecule has 0 atom stereocenters. The summed E-state index contributed by atoms with van der Waals surface area (Å²) < 4.78 is 5.65. The lowest BCUT2D eigenvalue weighted by Crippen LogP contribution is -1.92. The minimum absolute atomic E-state index is 0.681. The van der Waals surface area contributed by atoms with Gasteiger partial charge in [-0.15, -0.1) is 0 Å². The van der Waals surface area contributed by atoms with Gasteiger partial charge < -0.3 is 10.6 Å². The molecule has 0 fully saturated rings. The van der Waals surface area contributed by atoms with Crippen molar-refractivity contribution in [1.82, 2.24) is 4.98 Å². The van der Waals surface area contributed by atoms with E-state index >= 15 is 0 Å². The van der Waals surface area contributed by atoms with Crippen molar-refractivity contribution in [1.29, 1.82) is 0 Å². The molecule has 0 saturated heterocycles. The molecule has 0 aliphatic rings. The highest BCUT2D eigenvalue weighted by Gasteiger charge is 2.01. The Morgan fingerprint density at radius 2 is 2.06 bits per heavy atom. The van der Waals surface area contributed by atoms with Gasteiger partial charge in [0.2, 0.25) is 0 Å². The van der Waals surface area contributed by atoms with Crippen LogP contribution in [0.2, 0.25) is 0 Å². The lowest BCUT2D eigenvalue weighted by Gasteiger charge is -2.07. The molecule has 1 aromatic heterocycles. The summed E-state index contributed by atoms with van der Waals surface area (Å²) in [5, 5.41) is 3.49. The number of hydrogen-bond acceptors (Lipinski definition) is 4. The average Bonchev–Trinajstić information content (AvgIpc) is 2.33. The third-order valence-electron chi connectivity index (χ3n) is 1.99. The van der Waals surface area contributed by atoms with Crippen LogP contribution in [0, 0.1) is 0 Å². The van der Waals surface area contributed by atoms with Gasteiger partial charge in [0.05, 0.1) is 12.4 Å². The van der Waals surface area contributed by atoms with Crippen LogP contribution in [0.4, 0.5) is 0 Å². The molecule has 4 heteroatoms. The minimum Gasteiger partial charge on any atom is -0.455 e. The summed E-state index contributed by atoms with van der Waals surface area (Å²) in [5.74, 6) is 6.50. The zero-order chi connectivity index (χ0) is 11.2. The van der Waals surface area contributed by atoms with Crippen LogP contribution in [-0.4, -0.2) is 11.2 Å². The maximum Gasteiger partial charge on any atom is 0.145 e. The zero-order valence-corrected chi connectivity index (χ0v) is 8.58. The van der Waals surface area contributed by atoms with Crippen LogP contribution < -0.4 is 10.6 Å². The number of nitrogens with zero attached hydrogens (tertiary/aromatic N) is 2. The Balaban J connectivity index is 2.28. The van der Waals surface area contributed by atoms with Crippen molar-refractivity contribution in [3.05, 3.63) is 54.4 Å². The highest BCUT2D eigenvalue weighted by Crippen LogP contribution is 2.22. The molecule has 0 bridgehead atoms. The second-order valence-electron chi connectivity index (χ2n) is 3.11. The van der Waals surface area contributed by atoms with Crippen LogP contribution in [0.3, 0.4) is 0 Å². The Kier molecular flexibility index (Phi) is 3.13. The molecule has 0 radical (unpaired) electrons. The highest BCUT2D eigenvalue weighted by molar-refractivity contribution is 5.83. The lowest BCUT2D eigenvalue weighted by atomic mass is 10.2. The Morgan fingerprint density at radius 1 is 1.19 bits per heavy atom. The highest BCUT2D eigenvalue weighted by atomic mass is 16.5. The first-order valence-electron chi connectivity index (χ1n) is 4.80. The summed E-state index contributed by atoms with van der Waals surface area (Å²) in [6, 6.07) is 11.2. The summed E-state index contributed by atoms with van der Waals surface area (Å²) in [7, 11) is 0. The minimum atomic E-state index is 0.681. The monoisotopic (exact) mass is 213 g/mol. The maximum absolute atomic E-state index is 5.65. The van der Waals surface area contributed by atoms with Crippen molar-refractivity contribution >= 4 is 6.21 Å². The number of hydrazone groups is 1. The standard InChI is InChI=1S/C12H11N3O/c13-15-8-10-4-1-2-6-12(10)16-11-5-3-7-14-9-11/h1-9H,13H2. The molecule has 2 N–H and O–H groups in total. The Labute approximate surface area is 93.4 Å². The Bertz CT molecular complexity index is 483. The largest absolute Gasteiger partial charge is 0.455 e. The third kappa shape index (κ3) is 2.36. The first-order valence-corrected chi connectivity index (χ1v) is 4.80. The number of rotatable bonds is 3. The quantitative estimate of drug-likeness (QED) is 0.483. The molecule has 0 amide bonds.